The number of nitro benzene ring substituents is 1. The Kier molecular flexibility index (Phi) is 5.30. The number of nitrogens with zero attached hydrogens (tertiary/aromatic N) is 3. The molecule has 2 heterocycles. The van der Waals surface area contributed by atoms with Crippen LogP contribution in [0.4, 0.5) is 5.69 Å². The van der Waals surface area contributed by atoms with E-state index < -0.39 is 29.2 Å². The summed E-state index contributed by atoms with van der Waals surface area (Å²) in [5, 5.41) is 16.2. The Morgan fingerprint density at radius 3 is 2.61 bits per heavy atom. The van der Waals surface area contributed by atoms with Crippen LogP contribution in [0.1, 0.15) is 32.0 Å². The number of aryl methyl sites for hydroxylation is 1. The van der Waals surface area contributed by atoms with Crippen molar-refractivity contribution in [3.8, 4) is 10.6 Å². The quantitative estimate of drug-likeness (QED) is 0.360. The Morgan fingerprint density at radius 2 is 1.87 bits per heavy atom. The van der Waals surface area contributed by atoms with Gasteiger partial charge in [0.15, 0.2) is 0 Å². The highest BCUT2D eigenvalue weighted by molar-refractivity contribution is 7.13. The minimum absolute atomic E-state index is 0.0470. The first-order valence-electron chi connectivity index (χ1n) is 9.27. The number of benzene rings is 2. The SMILES string of the molecule is Cc1ccccc1-c1nc(CNC(=O)CN2C(=O)c3ccc([N+](=O)[O-])cc3C2=O)cs1. The molecule has 2 aromatic carbocycles. The van der Waals surface area contributed by atoms with E-state index in [4.69, 9.17) is 0 Å². The molecule has 0 radical (unpaired) electrons. The molecule has 4 rings (SSSR count). The molecule has 9 nitrogen and oxygen atoms in total. The lowest BCUT2D eigenvalue weighted by atomic mass is 10.1. The first-order valence-corrected chi connectivity index (χ1v) is 10.1. The summed E-state index contributed by atoms with van der Waals surface area (Å²) in [6.45, 7) is 1.67. The normalized spacial score (nSPS) is 12.7. The summed E-state index contributed by atoms with van der Waals surface area (Å²) in [7, 11) is 0. The van der Waals surface area contributed by atoms with Crippen LogP contribution in [-0.4, -0.2) is 39.1 Å². The number of amides is 3. The Hall–Kier alpha value is -3.92. The van der Waals surface area contributed by atoms with E-state index in [9.17, 15) is 24.5 Å². The fraction of sp³-hybridized carbons (Fsp3) is 0.143. The highest BCUT2D eigenvalue weighted by Gasteiger charge is 2.37. The molecule has 0 aliphatic carbocycles. The molecule has 156 valence electrons. The number of carbonyl (C=O) groups is 3. The Labute approximate surface area is 180 Å². The van der Waals surface area contributed by atoms with Gasteiger partial charge in [-0.05, 0) is 18.6 Å². The number of thiazole rings is 1. The van der Waals surface area contributed by atoms with Crippen LogP contribution >= 0.6 is 11.3 Å². The molecule has 1 aromatic heterocycles. The van der Waals surface area contributed by atoms with Crippen molar-refractivity contribution >= 4 is 34.7 Å². The van der Waals surface area contributed by atoms with Gasteiger partial charge in [-0.2, -0.15) is 0 Å². The van der Waals surface area contributed by atoms with E-state index >= 15 is 0 Å². The maximum absolute atomic E-state index is 12.5. The number of carbonyl (C=O) groups excluding carboxylic acids is 3. The van der Waals surface area contributed by atoms with E-state index in [1.807, 2.05) is 36.6 Å². The summed E-state index contributed by atoms with van der Waals surface area (Å²) < 4.78 is 0. The van der Waals surface area contributed by atoms with Crippen LogP contribution in [0.25, 0.3) is 10.6 Å². The van der Waals surface area contributed by atoms with E-state index in [0.717, 1.165) is 33.2 Å². The number of nitrogens with one attached hydrogen (secondary N) is 1. The van der Waals surface area contributed by atoms with E-state index in [0.29, 0.717) is 5.69 Å². The van der Waals surface area contributed by atoms with Crippen LogP contribution in [0.15, 0.2) is 47.8 Å². The van der Waals surface area contributed by atoms with Crippen LogP contribution in [0.2, 0.25) is 0 Å². The number of fused-ring (bicyclic) bond motifs is 1. The van der Waals surface area contributed by atoms with Crippen molar-refractivity contribution < 1.29 is 19.3 Å². The number of hydrogen-bond acceptors (Lipinski definition) is 7. The van der Waals surface area contributed by atoms with Crippen LogP contribution < -0.4 is 5.32 Å². The maximum atomic E-state index is 12.5. The van der Waals surface area contributed by atoms with Gasteiger partial charge in [-0.3, -0.25) is 29.4 Å². The van der Waals surface area contributed by atoms with Crippen molar-refractivity contribution in [3.05, 3.63) is 80.3 Å². The molecule has 0 saturated carbocycles. The molecular formula is C21H16N4O5S. The van der Waals surface area contributed by atoms with Crippen molar-refractivity contribution in [2.45, 2.75) is 13.5 Å². The Morgan fingerprint density at radius 1 is 1.13 bits per heavy atom. The van der Waals surface area contributed by atoms with E-state index in [2.05, 4.69) is 10.3 Å². The maximum Gasteiger partial charge on any atom is 0.270 e. The van der Waals surface area contributed by atoms with Gasteiger partial charge in [-0.1, -0.05) is 24.3 Å². The van der Waals surface area contributed by atoms with Crippen molar-refractivity contribution in [2.24, 2.45) is 0 Å². The first kappa shape index (κ1) is 20.4. The molecule has 0 atom stereocenters. The lowest BCUT2D eigenvalue weighted by molar-refractivity contribution is -0.384. The number of aromatic nitrogens is 1. The van der Waals surface area contributed by atoms with Gasteiger partial charge in [0, 0.05) is 23.1 Å². The average Bonchev–Trinajstić information content (AvgIpc) is 3.31. The Balaban J connectivity index is 1.40. The summed E-state index contributed by atoms with van der Waals surface area (Å²) in [5.74, 6) is -1.91. The molecule has 31 heavy (non-hydrogen) atoms. The van der Waals surface area contributed by atoms with Crippen molar-refractivity contribution in [1.82, 2.24) is 15.2 Å². The predicted octanol–water partition coefficient (Wildman–Crippen LogP) is 2.94. The van der Waals surface area contributed by atoms with Gasteiger partial charge in [0.05, 0.1) is 28.3 Å². The standard InChI is InChI=1S/C21H16N4O5S/c1-12-4-2-3-5-15(12)19-23-13(11-31-19)9-22-18(26)10-24-20(27)16-7-6-14(25(29)30)8-17(16)21(24)28/h2-8,11H,9-10H2,1H3,(H,22,26). The summed E-state index contributed by atoms with van der Waals surface area (Å²) in [6, 6.07) is 11.3. The lowest BCUT2D eigenvalue weighted by Gasteiger charge is -2.13. The third-order valence-electron chi connectivity index (χ3n) is 4.86. The fourth-order valence-electron chi connectivity index (χ4n) is 3.25. The predicted molar refractivity (Wildman–Crippen MR) is 113 cm³/mol. The van der Waals surface area contributed by atoms with Crippen LogP contribution in [0.5, 0.6) is 0 Å². The smallest absolute Gasteiger partial charge is 0.270 e. The molecule has 3 aromatic rings. The van der Waals surface area contributed by atoms with Crippen molar-refractivity contribution in [3.63, 3.8) is 0 Å². The third-order valence-corrected chi connectivity index (χ3v) is 5.79. The number of imide groups is 1. The molecule has 1 N–H and O–H groups in total. The summed E-state index contributed by atoms with van der Waals surface area (Å²) in [6.07, 6.45) is 0. The second kappa shape index (κ2) is 8.07. The minimum Gasteiger partial charge on any atom is -0.349 e. The highest BCUT2D eigenvalue weighted by Crippen LogP contribution is 2.27. The van der Waals surface area contributed by atoms with Crippen LogP contribution in [-0.2, 0) is 11.3 Å². The molecule has 0 saturated heterocycles. The van der Waals surface area contributed by atoms with Gasteiger partial charge >= 0.3 is 0 Å². The van der Waals surface area contributed by atoms with Gasteiger partial charge in [0.25, 0.3) is 17.5 Å². The van der Waals surface area contributed by atoms with Gasteiger partial charge < -0.3 is 5.32 Å². The van der Waals surface area contributed by atoms with Crippen LogP contribution in [0.3, 0.4) is 0 Å². The second-order valence-corrected chi connectivity index (χ2v) is 7.78. The molecule has 0 spiro atoms. The third kappa shape index (κ3) is 3.92. The van der Waals surface area contributed by atoms with E-state index in [1.165, 1.54) is 17.4 Å². The highest BCUT2D eigenvalue weighted by atomic mass is 32.1. The zero-order valence-corrected chi connectivity index (χ0v) is 17.1. The number of rotatable bonds is 6. The molecule has 3 amide bonds. The zero-order chi connectivity index (χ0) is 22.1. The van der Waals surface area contributed by atoms with Gasteiger partial charge in [-0.25, -0.2) is 4.98 Å². The number of non-ortho nitro benzene ring substituents is 1. The summed E-state index contributed by atoms with van der Waals surface area (Å²) in [4.78, 5) is 52.8. The molecule has 10 heteroatoms. The molecule has 1 aliphatic heterocycles. The minimum atomic E-state index is -0.727. The molecule has 0 fully saturated rings. The average molecular weight is 436 g/mol. The molecule has 1 aliphatic rings. The topological polar surface area (TPSA) is 123 Å². The van der Waals surface area contributed by atoms with Crippen LogP contribution in [0, 0.1) is 17.0 Å². The summed E-state index contributed by atoms with van der Waals surface area (Å²) >= 11 is 1.46. The van der Waals surface area contributed by atoms with Crippen molar-refractivity contribution in [2.75, 3.05) is 6.54 Å². The second-order valence-electron chi connectivity index (χ2n) is 6.92. The molecular weight excluding hydrogens is 420 g/mol. The van der Waals surface area contributed by atoms with Gasteiger partial charge in [-0.15, -0.1) is 11.3 Å². The fourth-order valence-corrected chi connectivity index (χ4v) is 4.16. The number of nitro groups is 1. The van der Waals surface area contributed by atoms with Crippen molar-refractivity contribution in [1.29, 1.82) is 0 Å². The molecule has 0 unspecified atom stereocenters. The monoisotopic (exact) mass is 436 g/mol. The summed E-state index contributed by atoms with van der Waals surface area (Å²) in [5.41, 5.74) is 2.46. The van der Waals surface area contributed by atoms with Gasteiger partial charge in [0.1, 0.15) is 11.6 Å². The van der Waals surface area contributed by atoms with Gasteiger partial charge in [0.2, 0.25) is 5.91 Å². The number of hydrogen-bond donors (Lipinski definition) is 1. The largest absolute Gasteiger partial charge is 0.349 e. The zero-order valence-electron chi connectivity index (χ0n) is 16.3. The van der Waals surface area contributed by atoms with E-state index in [-0.39, 0.29) is 23.4 Å². The molecule has 0 bridgehead atoms. The Bertz CT molecular complexity index is 1240. The van der Waals surface area contributed by atoms with E-state index in [1.54, 1.807) is 0 Å². The first-order chi connectivity index (χ1) is 14.8. The lowest BCUT2D eigenvalue weighted by Crippen LogP contribution is -2.40.